The average Bonchev–Trinajstić information content (AvgIpc) is 2.79. The lowest BCUT2D eigenvalue weighted by Gasteiger charge is -2.44. The maximum absolute atomic E-state index is 13.2. The van der Waals surface area contributed by atoms with Crippen molar-refractivity contribution in [2.75, 3.05) is 44.2 Å². The van der Waals surface area contributed by atoms with Gasteiger partial charge in [0, 0.05) is 62.1 Å². The lowest BCUT2D eigenvalue weighted by Crippen LogP contribution is -2.55. The van der Waals surface area contributed by atoms with Crippen LogP contribution in [0.3, 0.4) is 0 Å². The van der Waals surface area contributed by atoms with E-state index in [9.17, 15) is 14.0 Å². The third-order valence-electron chi connectivity index (χ3n) is 6.24. The number of rotatable bonds is 4. The molecule has 5 nitrogen and oxygen atoms in total. The lowest BCUT2D eigenvalue weighted by atomic mass is 10.0. The number of Topliss-reactive ketones (excluding diaryl/α,β-unsaturated/α-hetero) is 1. The molecule has 6 heteroatoms. The first-order valence-corrected chi connectivity index (χ1v) is 10.7. The van der Waals surface area contributed by atoms with Crippen molar-refractivity contribution >= 4 is 17.4 Å². The van der Waals surface area contributed by atoms with E-state index in [2.05, 4.69) is 9.80 Å². The average molecular weight is 410 g/mol. The molecule has 0 N–H and O–H groups in total. The molecule has 0 bridgehead atoms. The zero-order valence-electron chi connectivity index (χ0n) is 17.4. The maximum Gasteiger partial charge on any atom is 0.253 e. The van der Waals surface area contributed by atoms with E-state index in [-0.39, 0.29) is 17.5 Å². The Balaban J connectivity index is 1.34. The molecule has 0 aliphatic carbocycles. The van der Waals surface area contributed by atoms with E-state index in [0.29, 0.717) is 17.2 Å². The molecule has 0 saturated carbocycles. The van der Waals surface area contributed by atoms with Crippen LogP contribution in [0.2, 0.25) is 0 Å². The number of carbonyl (C=O) groups is 2. The number of amides is 1. The number of halogens is 1. The summed E-state index contributed by atoms with van der Waals surface area (Å²) in [6, 6.07) is 14.0. The largest absolute Gasteiger partial charge is 0.369 e. The van der Waals surface area contributed by atoms with Gasteiger partial charge in [0.05, 0.1) is 0 Å². The van der Waals surface area contributed by atoms with Crippen molar-refractivity contribution in [3.05, 3.63) is 65.5 Å². The van der Waals surface area contributed by atoms with Crippen molar-refractivity contribution < 1.29 is 14.0 Å². The lowest BCUT2D eigenvalue weighted by molar-refractivity contribution is 0.0563. The number of benzene rings is 2. The van der Waals surface area contributed by atoms with Crippen LogP contribution in [0.25, 0.3) is 0 Å². The van der Waals surface area contributed by atoms with Gasteiger partial charge in [-0.25, -0.2) is 4.39 Å². The third kappa shape index (κ3) is 4.54. The molecule has 2 aromatic carbocycles. The molecule has 4 rings (SSSR count). The SMILES string of the molecule is CC(=O)c1ccc(C(=O)N2CCC[C@@H](N3CCN(c4ccc(F)cc4)CC3)C2)cc1. The molecular formula is C24H28FN3O2. The van der Waals surface area contributed by atoms with E-state index in [0.717, 1.165) is 57.8 Å². The van der Waals surface area contributed by atoms with Crippen LogP contribution in [0.5, 0.6) is 0 Å². The van der Waals surface area contributed by atoms with E-state index in [4.69, 9.17) is 0 Å². The Bertz CT molecular complexity index is 890. The number of hydrogen-bond donors (Lipinski definition) is 0. The van der Waals surface area contributed by atoms with Gasteiger partial charge in [0.2, 0.25) is 0 Å². The van der Waals surface area contributed by atoms with Gasteiger partial charge in [-0.05, 0) is 56.2 Å². The first-order chi connectivity index (χ1) is 14.5. The number of carbonyl (C=O) groups excluding carboxylic acids is 2. The van der Waals surface area contributed by atoms with E-state index in [1.165, 1.54) is 19.1 Å². The van der Waals surface area contributed by atoms with E-state index < -0.39 is 0 Å². The van der Waals surface area contributed by atoms with Gasteiger partial charge in [-0.3, -0.25) is 14.5 Å². The van der Waals surface area contributed by atoms with Crippen molar-refractivity contribution in [3.63, 3.8) is 0 Å². The minimum absolute atomic E-state index is 0.00631. The molecule has 2 saturated heterocycles. The molecule has 158 valence electrons. The summed E-state index contributed by atoms with van der Waals surface area (Å²) in [6.45, 7) is 6.74. The molecule has 1 amide bonds. The Morgan fingerprint density at radius 1 is 0.867 bits per heavy atom. The molecule has 0 radical (unpaired) electrons. The third-order valence-corrected chi connectivity index (χ3v) is 6.24. The highest BCUT2D eigenvalue weighted by Crippen LogP contribution is 2.22. The second kappa shape index (κ2) is 8.96. The van der Waals surface area contributed by atoms with Crippen molar-refractivity contribution in [1.29, 1.82) is 0 Å². The number of nitrogens with zero attached hydrogens (tertiary/aromatic N) is 3. The molecule has 2 aliphatic heterocycles. The summed E-state index contributed by atoms with van der Waals surface area (Å²) >= 11 is 0. The number of likely N-dealkylation sites (tertiary alicyclic amines) is 1. The maximum atomic E-state index is 13.2. The van der Waals surface area contributed by atoms with Gasteiger partial charge in [0.1, 0.15) is 5.82 Å². The molecule has 2 heterocycles. The Hall–Kier alpha value is -2.73. The summed E-state index contributed by atoms with van der Waals surface area (Å²) in [7, 11) is 0. The van der Waals surface area contributed by atoms with E-state index in [1.54, 1.807) is 24.3 Å². The standard InChI is InChI=1S/C24H28FN3O2/c1-18(29)19-4-6-20(7-5-19)24(30)28-12-2-3-23(17-28)27-15-13-26(14-16-27)22-10-8-21(25)9-11-22/h4-11,23H,2-3,12-17H2,1H3/t23-/m1/s1. The molecule has 1 atom stereocenters. The van der Waals surface area contributed by atoms with Gasteiger partial charge in [0.15, 0.2) is 5.78 Å². The summed E-state index contributed by atoms with van der Waals surface area (Å²) in [4.78, 5) is 31.1. The molecule has 30 heavy (non-hydrogen) atoms. The monoisotopic (exact) mass is 409 g/mol. The fourth-order valence-electron chi connectivity index (χ4n) is 4.46. The fraction of sp³-hybridized carbons (Fsp3) is 0.417. The molecule has 2 aliphatic rings. The quantitative estimate of drug-likeness (QED) is 0.726. The summed E-state index contributed by atoms with van der Waals surface area (Å²) in [5.41, 5.74) is 2.33. The van der Waals surface area contributed by atoms with Crippen molar-refractivity contribution in [2.24, 2.45) is 0 Å². The number of anilines is 1. The van der Waals surface area contributed by atoms with E-state index in [1.807, 2.05) is 17.0 Å². The Kier molecular flexibility index (Phi) is 6.13. The zero-order valence-corrected chi connectivity index (χ0v) is 17.4. The summed E-state index contributed by atoms with van der Waals surface area (Å²) in [5.74, 6) is -0.160. The van der Waals surface area contributed by atoms with Crippen molar-refractivity contribution in [2.45, 2.75) is 25.8 Å². The van der Waals surface area contributed by atoms with Crippen LogP contribution in [-0.4, -0.2) is 66.8 Å². The smallest absolute Gasteiger partial charge is 0.253 e. The van der Waals surface area contributed by atoms with Gasteiger partial charge >= 0.3 is 0 Å². The molecule has 2 fully saturated rings. The number of hydrogen-bond acceptors (Lipinski definition) is 4. The number of ketones is 1. The van der Waals surface area contributed by atoms with Crippen molar-refractivity contribution in [1.82, 2.24) is 9.80 Å². The minimum atomic E-state index is -0.208. The molecule has 2 aromatic rings. The van der Waals surface area contributed by atoms with Crippen molar-refractivity contribution in [3.8, 4) is 0 Å². The van der Waals surface area contributed by atoms with Gasteiger partial charge < -0.3 is 9.80 Å². The highest BCUT2D eigenvalue weighted by atomic mass is 19.1. The second-order valence-electron chi connectivity index (χ2n) is 8.18. The highest BCUT2D eigenvalue weighted by molar-refractivity contribution is 5.97. The predicted octanol–water partition coefficient (Wildman–Crippen LogP) is 3.46. The fourth-order valence-corrected chi connectivity index (χ4v) is 4.46. The van der Waals surface area contributed by atoms with Crippen LogP contribution in [0.4, 0.5) is 10.1 Å². The Morgan fingerprint density at radius 2 is 1.50 bits per heavy atom. The van der Waals surface area contributed by atoms with Crippen LogP contribution in [0.1, 0.15) is 40.5 Å². The van der Waals surface area contributed by atoms with Gasteiger partial charge in [-0.2, -0.15) is 0 Å². The molecule has 0 aromatic heterocycles. The Morgan fingerprint density at radius 3 is 2.13 bits per heavy atom. The summed E-state index contributed by atoms with van der Waals surface area (Å²) in [5, 5.41) is 0. The number of piperidine rings is 1. The minimum Gasteiger partial charge on any atom is -0.369 e. The molecular weight excluding hydrogens is 381 g/mol. The van der Waals surface area contributed by atoms with Crippen LogP contribution < -0.4 is 4.90 Å². The first kappa shape index (κ1) is 20.5. The highest BCUT2D eigenvalue weighted by Gasteiger charge is 2.30. The molecule has 0 spiro atoms. The topological polar surface area (TPSA) is 43.9 Å². The zero-order chi connectivity index (χ0) is 21.1. The predicted molar refractivity (Wildman–Crippen MR) is 116 cm³/mol. The summed E-state index contributed by atoms with van der Waals surface area (Å²) < 4.78 is 13.2. The van der Waals surface area contributed by atoms with Crippen LogP contribution >= 0.6 is 0 Å². The van der Waals surface area contributed by atoms with Crippen LogP contribution in [0.15, 0.2) is 48.5 Å². The first-order valence-electron chi connectivity index (χ1n) is 10.7. The Labute approximate surface area is 177 Å². The second-order valence-corrected chi connectivity index (χ2v) is 8.18. The van der Waals surface area contributed by atoms with Gasteiger partial charge in [-0.1, -0.05) is 12.1 Å². The summed E-state index contributed by atoms with van der Waals surface area (Å²) in [6.07, 6.45) is 2.10. The van der Waals surface area contributed by atoms with Crippen LogP contribution in [-0.2, 0) is 0 Å². The van der Waals surface area contributed by atoms with Gasteiger partial charge in [-0.15, -0.1) is 0 Å². The van der Waals surface area contributed by atoms with Gasteiger partial charge in [0.25, 0.3) is 5.91 Å². The molecule has 0 unspecified atom stereocenters. The normalized spacial score (nSPS) is 20.3. The van der Waals surface area contributed by atoms with E-state index >= 15 is 0 Å². The number of piperazine rings is 1. The van der Waals surface area contributed by atoms with Crippen LogP contribution in [0, 0.1) is 5.82 Å².